The highest BCUT2D eigenvalue weighted by atomic mass is 15.4. The van der Waals surface area contributed by atoms with Crippen LogP contribution in [0.5, 0.6) is 0 Å². The number of nitrogens with zero attached hydrogens (tertiary/aromatic N) is 3. The molecule has 0 saturated heterocycles. The Morgan fingerprint density at radius 3 is 2.44 bits per heavy atom. The van der Waals surface area contributed by atoms with Gasteiger partial charge in [0.25, 0.3) is 0 Å². The quantitative estimate of drug-likeness (QED) is 0.631. The Bertz CT molecular complexity index is 739. The van der Waals surface area contributed by atoms with Crippen molar-refractivity contribution in [2.75, 3.05) is 13.1 Å². The number of nitrogens with one attached hydrogen (secondary N) is 2. The van der Waals surface area contributed by atoms with Gasteiger partial charge in [0.15, 0.2) is 0 Å². The molecule has 0 bridgehead atoms. The molecule has 1 unspecified atom stereocenters. The minimum Gasteiger partial charge on any atom is -0.315 e. The Morgan fingerprint density at radius 2 is 1.72 bits per heavy atom. The van der Waals surface area contributed by atoms with Gasteiger partial charge in [-0.1, -0.05) is 72.8 Å². The summed E-state index contributed by atoms with van der Waals surface area (Å²) in [5.74, 6) is 0. The largest absolute Gasteiger partial charge is 0.315 e. The van der Waals surface area contributed by atoms with Crippen LogP contribution in [0.2, 0.25) is 0 Å². The molecule has 1 atom stereocenters. The fraction of sp³-hybridized carbons (Fsp3) is 0.300. The Hall–Kier alpha value is -2.50. The third-order valence-electron chi connectivity index (χ3n) is 4.09. The van der Waals surface area contributed by atoms with Gasteiger partial charge in [-0.3, -0.25) is 4.68 Å². The number of rotatable bonds is 9. The van der Waals surface area contributed by atoms with E-state index < -0.39 is 0 Å². The summed E-state index contributed by atoms with van der Waals surface area (Å²) in [7, 11) is 0. The van der Waals surface area contributed by atoms with Crippen LogP contribution in [0.25, 0.3) is 11.3 Å². The molecule has 3 aromatic rings. The molecule has 25 heavy (non-hydrogen) atoms. The molecule has 3 rings (SSSR count). The number of aromatic nitrogens is 3. The van der Waals surface area contributed by atoms with Crippen LogP contribution in [0, 0.1) is 0 Å². The molecule has 1 heterocycles. The van der Waals surface area contributed by atoms with E-state index in [-0.39, 0.29) is 6.04 Å². The maximum absolute atomic E-state index is 4.30. The van der Waals surface area contributed by atoms with Gasteiger partial charge < -0.3 is 10.6 Å². The van der Waals surface area contributed by atoms with E-state index in [1.165, 1.54) is 5.56 Å². The van der Waals surface area contributed by atoms with Crippen LogP contribution >= 0.6 is 0 Å². The van der Waals surface area contributed by atoms with Gasteiger partial charge in [-0.15, -0.1) is 5.10 Å². The average Bonchev–Trinajstić information content (AvgIpc) is 3.14. The lowest BCUT2D eigenvalue weighted by Crippen LogP contribution is -2.41. The van der Waals surface area contributed by atoms with E-state index in [0.29, 0.717) is 0 Å². The first-order valence-electron chi connectivity index (χ1n) is 8.78. The van der Waals surface area contributed by atoms with E-state index >= 15 is 0 Å². The first kappa shape index (κ1) is 17.3. The molecule has 1 aromatic heterocycles. The summed E-state index contributed by atoms with van der Waals surface area (Å²) in [5.41, 5.74) is 3.28. The molecule has 5 heteroatoms. The third kappa shape index (κ3) is 5.24. The van der Waals surface area contributed by atoms with Crippen molar-refractivity contribution in [3.63, 3.8) is 0 Å². The molecule has 5 nitrogen and oxygen atoms in total. The van der Waals surface area contributed by atoms with Crippen LogP contribution in [0.1, 0.15) is 12.5 Å². The van der Waals surface area contributed by atoms with Gasteiger partial charge in [0.2, 0.25) is 0 Å². The molecule has 0 radical (unpaired) electrons. The Morgan fingerprint density at radius 1 is 1.00 bits per heavy atom. The smallest absolute Gasteiger partial charge is 0.113 e. The lowest BCUT2D eigenvalue weighted by atomic mass is 10.2. The molecular weight excluding hydrogens is 310 g/mol. The van der Waals surface area contributed by atoms with Gasteiger partial charge in [-0.2, -0.15) is 0 Å². The van der Waals surface area contributed by atoms with Gasteiger partial charge in [0, 0.05) is 24.7 Å². The predicted molar refractivity (Wildman–Crippen MR) is 101 cm³/mol. The standard InChI is InChI=1S/C20H25N5/c1-2-21-14-19(22-13-17-9-5-3-6-10-17)15-25-16-20(23-24-25)18-11-7-4-8-12-18/h3-12,16,19,21-22H,2,13-15H2,1H3. The highest BCUT2D eigenvalue weighted by Gasteiger charge is 2.11. The zero-order chi connectivity index (χ0) is 17.3. The predicted octanol–water partition coefficient (Wildman–Crippen LogP) is 2.71. The topological polar surface area (TPSA) is 54.8 Å². The van der Waals surface area contributed by atoms with Crippen molar-refractivity contribution in [2.24, 2.45) is 0 Å². The summed E-state index contributed by atoms with van der Waals surface area (Å²) in [6.07, 6.45) is 2.01. The maximum atomic E-state index is 4.30. The van der Waals surface area contributed by atoms with E-state index in [1.54, 1.807) is 0 Å². The molecule has 0 aliphatic carbocycles. The van der Waals surface area contributed by atoms with Crippen molar-refractivity contribution in [1.29, 1.82) is 0 Å². The second-order valence-corrected chi connectivity index (χ2v) is 6.06. The van der Waals surface area contributed by atoms with Crippen molar-refractivity contribution in [3.8, 4) is 11.3 Å². The Balaban J connectivity index is 1.62. The molecular formula is C20H25N5. The zero-order valence-corrected chi connectivity index (χ0v) is 14.6. The second-order valence-electron chi connectivity index (χ2n) is 6.06. The minimum absolute atomic E-state index is 0.283. The molecule has 0 saturated carbocycles. The van der Waals surface area contributed by atoms with Gasteiger partial charge >= 0.3 is 0 Å². The normalized spacial score (nSPS) is 12.2. The van der Waals surface area contributed by atoms with Crippen LogP contribution in [-0.2, 0) is 13.1 Å². The van der Waals surface area contributed by atoms with Crippen LogP contribution < -0.4 is 10.6 Å². The molecule has 0 spiro atoms. The monoisotopic (exact) mass is 335 g/mol. The van der Waals surface area contributed by atoms with Crippen molar-refractivity contribution >= 4 is 0 Å². The van der Waals surface area contributed by atoms with Gasteiger partial charge in [-0.05, 0) is 12.1 Å². The average molecular weight is 335 g/mol. The maximum Gasteiger partial charge on any atom is 0.113 e. The van der Waals surface area contributed by atoms with E-state index in [9.17, 15) is 0 Å². The number of likely N-dealkylation sites (N-methyl/N-ethyl adjacent to an activating group) is 1. The van der Waals surface area contributed by atoms with Crippen molar-refractivity contribution in [2.45, 2.75) is 26.1 Å². The van der Waals surface area contributed by atoms with Crippen LogP contribution in [0.3, 0.4) is 0 Å². The van der Waals surface area contributed by atoms with Crippen LogP contribution in [0.15, 0.2) is 66.9 Å². The lowest BCUT2D eigenvalue weighted by Gasteiger charge is -2.19. The van der Waals surface area contributed by atoms with Crippen molar-refractivity contribution in [1.82, 2.24) is 25.6 Å². The molecule has 130 valence electrons. The molecule has 0 aliphatic heterocycles. The third-order valence-corrected chi connectivity index (χ3v) is 4.09. The fourth-order valence-electron chi connectivity index (χ4n) is 2.73. The highest BCUT2D eigenvalue weighted by Crippen LogP contribution is 2.14. The number of hydrogen-bond acceptors (Lipinski definition) is 4. The van der Waals surface area contributed by atoms with Gasteiger partial charge in [0.1, 0.15) is 5.69 Å². The molecule has 2 aromatic carbocycles. The van der Waals surface area contributed by atoms with E-state index in [4.69, 9.17) is 0 Å². The van der Waals surface area contributed by atoms with Gasteiger partial charge in [0.05, 0.1) is 12.7 Å². The Kier molecular flexibility index (Phi) is 6.31. The summed E-state index contributed by atoms with van der Waals surface area (Å²) in [5, 5.41) is 15.6. The summed E-state index contributed by atoms with van der Waals surface area (Å²) in [4.78, 5) is 0. The summed E-state index contributed by atoms with van der Waals surface area (Å²) >= 11 is 0. The van der Waals surface area contributed by atoms with Crippen LogP contribution in [-0.4, -0.2) is 34.1 Å². The molecule has 2 N–H and O–H groups in total. The highest BCUT2D eigenvalue weighted by molar-refractivity contribution is 5.57. The molecule has 0 aliphatic rings. The molecule has 0 fully saturated rings. The summed E-state index contributed by atoms with van der Waals surface area (Å²) in [6, 6.07) is 20.9. The fourth-order valence-corrected chi connectivity index (χ4v) is 2.73. The summed E-state index contributed by atoms with van der Waals surface area (Å²) < 4.78 is 1.92. The van der Waals surface area contributed by atoms with E-state index in [1.807, 2.05) is 35.1 Å². The van der Waals surface area contributed by atoms with Crippen LogP contribution in [0.4, 0.5) is 0 Å². The van der Waals surface area contributed by atoms with Crippen molar-refractivity contribution < 1.29 is 0 Å². The zero-order valence-electron chi connectivity index (χ0n) is 14.6. The molecule has 0 amide bonds. The summed E-state index contributed by atoms with van der Waals surface area (Å²) in [6.45, 7) is 5.59. The lowest BCUT2D eigenvalue weighted by molar-refractivity contribution is 0.401. The van der Waals surface area contributed by atoms with E-state index in [0.717, 1.165) is 37.4 Å². The minimum atomic E-state index is 0.283. The second kappa shape index (κ2) is 9.11. The number of benzene rings is 2. The number of hydrogen-bond donors (Lipinski definition) is 2. The van der Waals surface area contributed by atoms with E-state index in [2.05, 4.69) is 64.3 Å². The SMILES string of the molecule is CCNCC(Cn1cc(-c2ccccc2)nn1)NCc1ccccc1. The first-order chi connectivity index (χ1) is 12.3. The van der Waals surface area contributed by atoms with Crippen molar-refractivity contribution in [3.05, 3.63) is 72.4 Å². The first-order valence-corrected chi connectivity index (χ1v) is 8.78. The van der Waals surface area contributed by atoms with Gasteiger partial charge in [-0.25, -0.2) is 0 Å². The Labute approximate surface area is 149 Å².